The van der Waals surface area contributed by atoms with E-state index in [1.54, 1.807) is 23.2 Å². The molecule has 5 rings (SSSR count). The molecule has 4 heterocycles. The maximum atomic E-state index is 13.8. The van der Waals surface area contributed by atoms with Gasteiger partial charge in [0.1, 0.15) is 17.5 Å². The quantitative estimate of drug-likeness (QED) is 0.542. The molecule has 3 aromatic rings. The van der Waals surface area contributed by atoms with E-state index in [9.17, 15) is 14.0 Å². The van der Waals surface area contributed by atoms with Gasteiger partial charge in [0, 0.05) is 32.6 Å². The lowest BCUT2D eigenvalue weighted by atomic mass is 10.0. The van der Waals surface area contributed by atoms with Crippen molar-refractivity contribution in [1.29, 1.82) is 0 Å². The lowest BCUT2D eigenvalue weighted by molar-refractivity contribution is -0.150. The van der Waals surface area contributed by atoms with E-state index in [1.807, 2.05) is 22.7 Å². The highest BCUT2D eigenvalue weighted by molar-refractivity contribution is 5.80. The summed E-state index contributed by atoms with van der Waals surface area (Å²) in [5.74, 6) is 0.783. The maximum absolute atomic E-state index is 13.8. The van der Waals surface area contributed by atoms with Gasteiger partial charge >= 0.3 is 5.97 Å². The minimum atomic E-state index is -0.453. The molecule has 1 amide bonds. The van der Waals surface area contributed by atoms with Crippen molar-refractivity contribution < 1.29 is 18.7 Å². The minimum absolute atomic E-state index is 0.0874. The molecule has 0 spiro atoms. The molecule has 9 nitrogen and oxygen atoms in total. The molecule has 2 aliphatic rings. The molecule has 0 aliphatic carbocycles. The van der Waals surface area contributed by atoms with E-state index in [-0.39, 0.29) is 30.4 Å². The molecule has 2 aromatic heterocycles. The van der Waals surface area contributed by atoms with Gasteiger partial charge in [-0.2, -0.15) is 4.52 Å². The molecule has 0 unspecified atom stereocenters. The van der Waals surface area contributed by atoms with Gasteiger partial charge in [-0.3, -0.25) is 9.59 Å². The van der Waals surface area contributed by atoms with Gasteiger partial charge in [-0.25, -0.2) is 9.37 Å². The predicted molar refractivity (Wildman–Crippen MR) is 129 cm³/mol. The Labute approximate surface area is 202 Å². The maximum Gasteiger partial charge on any atom is 0.303 e. The van der Waals surface area contributed by atoms with E-state index in [1.165, 1.54) is 13.0 Å². The number of amides is 1. The average Bonchev–Trinajstić information content (AvgIpc) is 3.50. The number of likely N-dealkylation sites (tertiary alicyclic amines) is 1. The Hall–Kier alpha value is -3.69. The molecule has 1 aromatic carbocycles. The van der Waals surface area contributed by atoms with Crippen molar-refractivity contribution in [3.05, 3.63) is 54.0 Å². The van der Waals surface area contributed by atoms with Crippen LogP contribution < -0.4 is 10.2 Å². The highest BCUT2D eigenvalue weighted by atomic mass is 19.1. The lowest BCUT2D eigenvalue weighted by Crippen LogP contribution is -2.44. The second-order valence-corrected chi connectivity index (χ2v) is 9.09. The van der Waals surface area contributed by atoms with Crippen LogP contribution in [0.15, 0.2) is 42.6 Å². The third-order valence-corrected chi connectivity index (χ3v) is 6.73. The number of aromatic nitrogens is 3. The van der Waals surface area contributed by atoms with Gasteiger partial charge in [0.2, 0.25) is 0 Å². The molecule has 1 atom stereocenters. The fourth-order valence-electron chi connectivity index (χ4n) is 4.95. The molecule has 1 N–H and O–H groups in total. The molecule has 10 heteroatoms. The van der Waals surface area contributed by atoms with Gasteiger partial charge in [0.15, 0.2) is 12.3 Å². The molecule has 0 bridgehead atoms. The van der Waals surface area contributed by atoms with Crippen molar-refractivity contribution in [2.45, 2.75) is 44.7 Å². The summed E-state index contributed by atoms with van der Waals surface area (Å²) in [6.45, 7) is 3.13. The van der Waals surface area contributed by atoms with Gasteiger partial charge < -0.3 is 19.9 Å². The average molecular weight is 481 g/mol. The highest BCUT2D eigenvalue weighted by Gasteiger charge is 2.28. The molecule has 184 valence electrons. The molecular weight excluding hydrogens is 451 g/mol. The molecule has 0 saturated carbocycles. The number of benzene rings is 1. The fourth-order valence-corrected chi connectivity index (χ4v) is 4.95. The number of nitrogens with one attached hydrogen (secondary N) is 1. The third-order valence-electron chi connectivity index (χ3n) is 6.73. The van der Waals surface area contributed by atoms with Crippen molar-refractivity contribution >= 4 is 29.2 Å². The zero-order valence-corrected chi connectivity index (χ0v) is 19.7. The molecular formula is C25H29FN6O3. The second kappa shape index (κ2) is 9.89. The lowest BCUT2D eigenvalue weighted by Gasteiger charge is -2.32. The smallest absolute Gasteiger partial charge is 0.303 e. The van der Waals surface area contributed by atoms with Gasteiger partial charge in [0.05, 0.1) is 12.2 Å². The van der Waals surface area contributed by atoms with Gasteiger partial charge in [-0.1, -0.05) is 12.1 Å². The van der Waals surface area contributed by atoms with Crippen LogP contribution in [-0.4, -0.2) is 63.7 Å². The van der Waals surface area contributed by atoms with Crippen LogP contribution in [0.4, 0.5) is 16.0 Å². The fraction of sp³-hybridized carbons (Fsp3) is 0.440. The van der Waals surface area contributed by atoms with Gasteiger partial charge in [0.25, 0.3) is 5.91 Å². The molecule has 35 heavy (non-hydrogen) atoms. The Kier molecular flexibility index (Phi) is 6.52. The number of carbonyl (C=O) groups excluding carboxylic acids is 2. The summed E-state index contributed by atoms with van der Waals surface area (Å²) in [7, 11) is 0. The van der Waals surface area contributed by atoms with E-state index in [0.717, 1.165) is 55.1 Å². The number of rotatable bonds is 6. The number of imidazole rings is 1. The Bertz CT molecular complexity index is 1220. The van der Waals surface area contributed by atoms with Crippen molar-refractivity contribution in [1.82, 2.24) is 19.5 Å². The van der Waals surface area contributed by atoms with Crippen molar-refractivity contribution in [3.63, 3.8) is 0 Å². The van der Waals surface area contributed by atoms with Crippen LogP contribution in [0, 0.1) is 5.82 Å². The third kappa shape index (κ3) is 5.06. The summed E-state index contributed by atoms with van der Waals surface area (Å²) in [6.07, 6.45) is 5.29. The van der Waals surface area contributed by atoms with E-state index >= 15 is 0 Å². The molecule has 2 saturated heterocycles. The van der Waals surface area contributed by atoms with Crippen LogP contribution in [-0.2, 0) is 14.3 Å². The van der Waals surface area contributed by atoms with Crippen molar-refractivity contribution in [3.8, 4) is 0 Å². The first-order valence-electron chi connectivity index (χ1n) is 12.0. The molecule has 0 radical (unpaired) electrons. The summed E-state index contributed by atoms with van der Waals surface area (Å²) >= 11 is 0. The van der Waals surface area contributed by atoms with Crippen LogP contribution >= 0.6 is 0 Å². The standard InChI is InChI=1S/C25H29FN6O3/c1-17(33)35-16-25(34)30-12-9-20(10-13-30)28-24-15-27-22-7-8-23(29-32(22)24)31-11-3-6-21(31)18-4-2-5-19(26)14-18/h2,4-5,7-8,14-15,20-21,28H,3,6,9-13,16H2,1H3/t21-/m1/s1. The number of halogens is 1. The minimum Gasteiger partial charge on any atom is -0.456 e. The zero-order valence-electron chi connectivity index (χ0n) is 19.7. The van der Waals surface area contributed by atoms with E-state index in [0.29, 0.717) is 13.1 Å². The normalized spacial score (nSPS) is 18.7. The first-order valence-corrected chi connectivity index (χ1v) is 12.0. The highest BCUT2D eigenvalue weighted by Crippen LogP contribution is 2.35. The number of fused-ring (bicyclic) bond motifs is 1. The zero-order chi connectivity index (χ0) is 24.4. The van der Waals surface area contributed by atoms with E-state index < -0.39 is 5.97 Å². The number of piperidine rings is 1. The summed E-state index contributed by atoms with van der Waals surface area (Å²) in [5.41, 5.74) is 1.70. The number of esters is 1. The number of carbonyl (C=O) groups is 2. The van der Waals surface area contributed by atoms with Crippen LogP contribution in [0.25, 0.3) is 5.65 Å². The first-order chi connectivity index (χ1) is 17.0. The summed E-state index contributed by atoms with van der Waals surface area (Å²) in [5, 5.41) is 8.40. The monoisotopic (exact) mass is 480 g/mol. The van der Waals surface area contributed by atoms with Crippen LogP contribution in [0.1, 0.15) is 44.2 Å². The van der Waals surface area contributed by atoms with Gasteiger partial charge in [-0.05, 0) is 55.5 Å². The number of nitrogens with zero attached hydrogens (tertiary/aromatic N) is 5. The Morgan fingerprint density at radius 2 is 1.97 bits per heavy atom. The van der Waals surface area contributed by atoms with Crippen molar-refractivity contribution in [2.24, 2.45) is 0 Å². The summed E-state index contributed by atoms with van der Waals surface area (Å²) in [4.78, 5) is 31.6. The largest absolute Gasteiger partial charge is 0.456 e. The summed E-state index contributed by atoms with van der Waals surface area (Å²) < 4.78 is 20.5. The van der Waals surface area contributed by atoms with E-state index in [2.05, 4.69) is 15.2 Å². The summed E-state index contributed by atoms with van der Waals surface area (Å²) in [6, 6.07) is 11.0. The van der Waals surface area contributed by atoms with E-state index in [4.69, 9.17) is 9.84 Å². The number of hydrogen-bond donors (Lipinski definition) is 1. The van der Waals surface area contributed by atoms with Crippen LogP contribution in [0.5, 0.6) is 0 Å². The Balaban J connectivity index is 1.27. The number of hydrogen-bond acceptors (Lipinski definition) is 7. The Morgan fingerprint density at radius 3 is 2.74 bits per heavy atom. The number of ether oxygens (including phenoxy) is 1. The molecule has 2 aliphatic heterocycles. The van der Waals surface area contributed by atoms with Crippen LogP contribution in [0.2, 0.25) is 0 Å². The second-order valence-electron chi connectivity index (χ2n) is 9.09. The predicted octanol–water partition coefficient (Wildman–Crippen LogP) is 3.18. The first kappa shape index (κ1) is 23.1. The SMILES string of the molecule is CC(=O)OCC(=O)N1CCC(Nc2cnc3ccc(N4CCC[C@@H]4c4cccc(F)c4)nn23)CC1. The number of anilines is 2. The van der Waals surface area contributed by atoms with Crippen LogP contribution in [0.3, 0.4) is 0 Å². The Morgan fingerprint density at radius 1 is 1.14 bits per heavy atom. The molecule has 2 fully saturated rings. The van der Waals surface area contributed by atoms with Crippen molar-refractivity contribution in [2.75, 3.05) is 36.5 Å². The van der Waals surface area contributed by atoms with Gasteiger partial charge in [-0.15, -0.1) is 5.10 Å². The topological polar surface area (TPSA) is 92.1 Å².